The molecule has 0 amide bonds. The molecule has 0 aliphatic rings. The highest BCUT2D eigenvalue weighted by molar-refractivity contribution is 4.77. The van der Waals surface area contributed by atoms with Crippen molar-refractivity contribution >= 4 is 0 Å². The van der Waals surface area contributed by atoms with Crippen LogP contribution in [-0.2, 0) is 7.05 Å². The van der Waals surface area contributed by atoms with Crippen molar-refractivity contribution in [2.24, 2.45) is 7.05 Å². The zero-order valence-corrected chi connectivity index (χ0v) is 3.85. The Kier molecular flexibility index (Phi) is 0.817. The van der Waals surface area contributed by atoms with Gasteiger partial charge in [0, 0.05) is 13.1 Å². The van der Waals surface area contributed by atoms with E-state index in [2.05, 4.69) is 11.3 Å². The molecule has 2 nitrogen and oxygen atoms in total. The highest BCUT2D eigenvalue weighted by Crippen LogP contribution is 1.85. The lowest BCUT2D eigenvalue weighted by atomic mass is 10.7. The number of hydrogen-bond donors (Lipinski definition) is 0. The Morgan fingerprint density at radius 3 is 2.86 bits per heavy atom. The maximum atomic E-state index is 11.8. The number of aromatic nitrogens is 2. The van der Waals surface area contributed by atoms with Crippen LogP contribution >= 0.6 is 0 Å². The molecule has 0 N–H and O–H groups in total. The van der Waals surface area contributed by atoms with E-state index in [9.17, 15) is 4.39 Å². The molecule has 0 atom stereocenters. The van der Waals surface area contributed by atoms with E-state index in [1.165, 1.54) is 10.7 Å². The molecule has 0 spiro atoms. The van der Waals surface area contributed by atoms with Crippen LogP contribution in [0.3, 0.4) is 0 Å². The van der Waals surface area contributed by atoms with Crippen LogP contribution in [0.2, 0.25) is 0 Å². The molecule has 0 saturated heterocycles. The summed E-state index contributed by atoms with van der Waals surface area (Å²) in [6.45, 7) is 0. The van der Waals surface area contributed by atoms with Gasteiger partial charge in [0.25, 0.3) is 0 Å². The Morgan fingerprint density at radius 1 is 2.00 bits per heavy atom. The first kappa shape index (κ1) is 4.30. The summed E-state index contributed by atoms with van der Waals surface area (Å²) in [5.74, 6) is -0.484. The summed E-state index contributed by atoms with van der Waals surface area (Å²) in [4.78, 5) is 0. The summed E-state index contributed by atoms with van der Waals surface area (Å²) in [7, 11) is 1.61. The van der Waals surface area contributed by atoms with Gasteiger partial charge in [0.15, 0.2) is 0 Å². The van der Waals surface area contributed by atoms with Crippen molar-refractivity contribution in [3.63, 3.8) is 0 Å². The highest BCUT2D eigenvalue weighted by atomic mass is 19.1. The first-order valence-electron chi connectivity index (χ1n) is 1.86. The maximum Gasteiger partial charge on any atom is 0.233 e. The minimum Gasteiger partial charge on any atom is -0.263 e. The molecule has 37 valence electrons. The minimum atomic E-state index is -0.484. The van der Waals surface area contributed by atoms with Crippen LogP contribution in [0, 0.1) is 12.1 Å². The van der Waals surface area contributed by atoms with E-state index in [1.807, 2.05) is 0 Å². The largest absolute Gasteiger partial charge is 0.263 e. The lowest BCUT2D eigenvalue weighted by Crippen LogP contribution is -1.87. The van der Waals surface area contributed by atoms with Crippen LogP contribution in [0.5, 0.6) is 0 Å². The highest BCUT2D eigenvalue weighted by Gasteiger charge is 1.87. The first-order valence-corrected chi connectivity index (χ1v) is 1.86. The van der Waals surface area contributed by atoms with Gasteiger partial charge in [0.05, 0.1) is 6.20 Å². The lowest BCUT2D eigenvalue weighted by molar-refractivity contribution is 0.553. The number of halogens is 1. The average molecular weight is 99.1 g/mol. The standard InChI is InChI=1S/C4H4FN2/c1-7-3-2-4(5)6-7/h2H,1H3. The molecule has 0 aromatic carbocycles. The van der Waals surface area contributed by atoms with Crippen molar-refractivity contribution in [2.75, 3.05) is 0 Å². The van der Waals surface area contributed by atoms with Gasteiger partial charge in [-0.05, 0) is 0 Å². The Morgan fingerprint density at radius 2 is 2.71 bits per heavy atom. The number of hydrogen-bond acceptors (Lipinski definition) is 1. The van der Waals surface area contributed by atoms with E-state index >= 15 is 0 Å². The van der Waals surface area contributed by atoms with E-state index in [1.54, 1.807) is 7.05 Å². The molecule has 0 aliphatic carbocycles. The van der Waals surface area contributed by atoms with Crippen LogP contribution in [0.15, 0.2) is 6.07 Å². The molecule has 7 heavy (non-hydrogen) atoms. The maximum absolute atomic E-state index is 11.8. The molecule has 0 unspecified atom stereocenters. The topological polar surface area (TPSA) is 17.8 Å². The second-order valence-corrected chi connectivity index (χ2v) is 1.22. The van der Waals surface area contributed by atoms with Crippen molar-refractivity contribution < 1.29 is 4.39 Å². The summed E-state index contributed by atoms with van der Waals surface area (Å²) in [5.41, 5.74) is 0. The fourth-order valence-electron chi connectivity index (χ4n) is 0.348. The molecule has 1 radical (unpaired) electrons. The van der Waals surface area contributed by atoms with E-state index in [0.29, 0.717) is 0 Å². The Bertz CT molecular complexity index is 142. The number of rotatable bonds is 0. The molecular weight excluding hydrogens is 95.1 g/mol. The average Bonchev–Trinajstić information content (AvgIpc) is 1.87. The van der Waals surface area contributed by atoms with Crippen LogP contribution in [0.1, 0.15) is 0 Å². The summed E-state index contributed by atoms with van der Waals surface area (Å²) < 4.78 is 13.1. The van der Waals surface area contributed by atoms with Crippen molar-refractivity contribution in [1.82, 2.24) is 9.78 Å². The van der Waals surface area contributed by atoms with E-state index in [4.69, 9.17) is 0 Å². The molecule has 1 aromatic heterocycles. The minimum absolute atomic E-state index is 0.484. The van der Waals surface area contributed by atoms with Crippen LogP contribution in [-0.4, -0.2) is 9.78 Å². The van der Waals surface area contributed by atoms with Gasteiger partial charge in [-0.15, -0.1) is 5.10 Å². The third kappa shape index (κ3) is 0.765. The third-order valence-corrected chi connectivity index (χ3v) is 0.616. The van der Waals surface area contributed by atoms with Crippen LogP contribution in [0.4, 0.5) is 4.39 Å². The van der Waals surface area contributed by atoms with Crippen molar-refractivity contribution in [1.29, 1.82) is 0 Å². The van der Waals surface area contributed by atoms with Gasteiger partial charge in [-0.3, -0.25) is 4.68 Å². The molecule has 0 bridgehead atoms. The molecular formula is C4H4FN2. The Labute approximate surface area is 40.6 Å². The molecule has 0 saturated carbocycles. The van der Waals surface area contributed by atoms with E-state index < -0.39 is 5.95 Å². The molecule has 1 heterocycles. The fourth-order valence-corrected chi connectivity index (χ4v) is 0.348. The number of nitrogens with zero attached hydrogens (tertiary/aromatic N) is 2. The quantitative estimate of drug-likeness (QED) is 0.459. The summed E-state index contributed by atoms with van der Waals surface area (Å²) in [6, 6.07) is 1.18. The SMILES string of the molecule is Cn1[c]cc(F)n1. The Balaban J connectivity index is 3.04. The van der Waals surface area contributed by atoms with Crippen molar-refractivity contribution in [3.05, 3.63) is 18.2 Å². The van der Waals surface area contributed by atoms with Gasteiger partial charge in [0.1, 0.15) is 0 Å². The predicted octanol–water partition coefficient (Wildman–Crippen LogP) is 0.359. The second-order valence-electron chi connectivity index (χ2n) is 1.22. The smallest absolute Gasteiger partial charge is 0.233 e. The van der Waals surface area contributed by atoms with E-state index in [-0.39, 0.29) is 0 Å². The van der Waals surface area contributed by atoms with Crippen LogP contribution < -0.4 is 0 Å². The molecule has 3 heteroatoms. The second kappa shape index (κ2) is 1.33. The predicted molar refractivity (Wildman–Crippen MR) is 22.0 cm³/mol. The zero-order chi connectivity index (χ0) is 5.28. The van der Waals surface area contributed by atoms with E-state index in [0.717, 1.165) is 0 Å². The fraction of sp³-hybridized carbons (Fsp3) is 0.250. The lowest BCUT2D eigenvalue weighted by Gasteiger charge is -1.76. The Hall–Kier alpha value is -0.860. The number of aryl methyl sites for hydroxylation is 1. The van der Waals surface area contributed by atoms with Crippen molar-refractivity contribution in [3.8, 4) is 0 Å². The van der Waals surface area contributed by atoms with Gasteiger partial charge in [0.2, 0.25) is 5.95 Å². The summed E-state index contributed by atoms with van der Waals surface area (Å²) in [5, 5.41) is 3.31. The molecule has 0 fully saturated rings. The molecule has 0 aliphatic heterocycles. The zero-order valence-electron chi connectivity index (χ0n) is 3.85. The van der Waals surface area contributed by atoms with Gasteiger partial charge in [-0.2, -0.15) is 4.39 Å². The van der Waals surface area contributed by atoms with Gasteiger partial charge in [-0.1, -0.05) is 0 Å². The summed E-state index contributed by atoms with van der Waals surface area (Å²) >= 11 is 0. The van der Waals surface area contributed by atoms with Crippen LogP contribution in [0.25, 0.3) is 0 Å². The molecule has 1 aromatic rings. The van der Waals surface area contributed by atoms with Crippen molar-refractivity contribution in [2.45, 2.75) is 0 Å². The van der Waals surface area contributed by atoms with Gasteiger partial charge in [-0.25, -0.2) is 0 Å². The van der Waals surface area contributed by atoms with Gasteiger partial charge < -0.3 is 0 Å². The van der Waals surface area contributed by atoms with Gasteiger partial charge >= 0.3 is 0 Å². The third-order valence-electron chi connectivity index (χ3n) is 0.616. The normalized spacial score (nSPS) is 9.43. The summed E-state index contributed by atoms with van der Waals surface area (Å²) in [6.07, 6.45) is 2.50. The molecule has 1 rings (SSSR count). The monoisotopic (exact) mass is 99.0 g/mol. The first-order chi connectivity index (χ1) is 3.29.